The van der Waals surface area contributed by atoms with Gasteiger partial charge in [0.25, 0.3) is 0 Å². The van der Waals surface area contributed by atoms with Crippen molar-refractivity contribution in [2.75, 3.05) is 26.2 Å². The fourth-order valence-electron chi connectivity index (χ4n) is 3.58. The Kier molecular flexibility index (Phi) is 4.37. The maximum atomic E-state index is 12.7. The maximum absolute atomic E-state index is 12.7. The minimum absolute atomic E-state index is 0.151. The van der Waals surface area contributed by atoms with Crippen molar-refractivity contribution in [3.05, 3.63) is 0 Å². The molecule has 0 spiro atoms. The first-order valence-electron chi connectivity index (χ1n) is 7.67. The molecule has 2 heterocycles. The second-order valence-corrected chi connectivity index (χ2v) is 6.62. The Bertz CT molecular complexity index is 391. The molecule has 5 heteroatoms. The van der Waals surface area contributed by atoms with Gasteiger partial charge in [-0.3, -0.25) is 9.59 Å². The van der Waals surface area contributed by atoms with Crippen molar-refractivity contribution >= 4 is 11.9 Å². The van der Waals surface area contributed by atoms with Crippen LogP contribution < -0.4 is 5.32 Å². The third kappa shape index (κ3) is 2.68. The van der Waals surface area contributed by atoms with Gasteiger partial charge in [-0.2, -0.15) is 0 Å². The molecule has 0 aromatic heterocycles. The summed E-state index contributed by atoms with van der Waals surface area (Å²) in [6.07, 6.45) is 3.78. The third-order valence-electron chi connectivity index (χ3n) is 5.05. The van der Waals surface area contributed by atoms with Crippen molar-refractivity contribution < 1.29 is 14.7 Å². The number of nitrogens with zero attached hydrogens (tertiary/aromatic N) is 1. The van der Waals surface area contributed by atoms with Gasteiger partial charge in [-0.1, -0.05) is 20.3 Å². The first-order chi connectivity index (χ1) is 9.43. The highest BCUT2D eigenvalue weighted by Gasteiger charge is 2.48. The van der Waals surface area contributed by atoms with E-state index < -0.39 is 11.4 Å². The van der Waals surface area contributed by atoms with Crippen molar-refractivity contribution in [1.29, 1.82) is 0 Å². The highest BCUT2D eigenvalue weighted by atomic mass is 16.4. The van der Waals surface area contributed by atoms with Crippen molar-refractivity contribution in [2.45, 2.75) is 46.0 Å². The fourth-order valence-corrected chi connectivity index (χ4v) is 3.58. The summed E-state index contributed by atoms with van der Waals surface area (Å²) in [7, 11) is 0. The van der Waals surface area contributed by atoms with Gasteiger partial charge in [0, 0.05) is 18.5 Å². The van der Waals surface area contributed by atoms with E-state index in [1.54, 1.807) is 4.90 Å². The Morgan fingerprint density at radius 2 is 1.90 bits per heavy atom. The molecule has 2 aliphatic rings. The van der Waals surface area contributed by atoms with Crippen LogP contribution in [0.15, 0.2) is 0 Å². The molecule has 2 rings (SSSR count). The zero-order valence-corrected chi connectivity index (χ0v) is 12.6. The second kappa shape index (κ2) is 5.72. The first kappa shape index (κ1) is 15.3. The van der Waals surface area contributed by atoms with Gasteiger partial charge in [0.05, 0.1) is 5.41 Å². The van der Waals surface area contributed by atoms with Crippen LogP contribution in [0.25, 0.3) is 0 Å². The van der Waals surface area contributed by atoms with Crippen LogP contribution in [0.1, 0.15) is 46.0 Å². The molecule has 1 amide bonds. The van der Waals surface area contributed by atoms with Crippen molar-refractivity contribution in [1.82, 2.24) is 10.2 Å². The van der Waals surface area contributed by atoms with Gasteiger partial charge in [0.1, 0.15) is 0 Å². The lowest BCUT2D eigenvalue weighted by Gasteiger charge is -2.36. The number of piperidine rings is 1. The summed E-state index contributed by atoms with van der Waals surface area (Å²) in [6, 6.07) is 0. The lowest BCUT2D eigenvalue weighted by Crippen LogP contribution is -2.48. The smallest absolute Gasteiger partial charge is 0.311 e. The van der Waals surface area contributed by atoms with Crippen LogP contribution in [0.5, 0.6) is 0 Å². The van der Waals surface area contributed by atoms with Crippen LogP contribution in [0.2, 0.25) is 0 Å². The fraction of sp³-hybridized carbons (Fsp3) is 0.867. The average Bonchev–Trinajstić information content (AvgIpc) is 2.85. The number of carbonyl (C=O) groups is 2. The monoisotopic (exact) mass is 282 g/mol. The van der Waals surface area contributed by atoms with Crippen LogP contribution in [0, 0.1) is 10.8 Å². The summed E-state index contributed by atoms with van der Waals surface area (Å²) in [5, 5.41) is 12.8. The number of carbonyl (C=O) groups excluding carboxylic acids is 1. The molecule has 5 nitrogen and oxygen atoms in total. The molecule has 114 valence electrons. The SMILES string of the molecule is CCCC1(C(=O)O)CCN(C(=O)C2(C)CCNCC2)C1. The standard InChI is InChI=1S/C15H26N2O3/c1-3-4-15(13(19)20)7-10-17(11-15)12(18)14(2)5-8-16-9-6-14/h16H,3-11H2,1-2H3,(H,19,20). The molecule has 2 fully saturated rings. The van der Waals surface area contributed by atoms with Crippen molar-refractivity contribution in [2.24, 2.45) is 10.8 Å². The first-order valence-corrected chi connectivity index (χ1v) is 7.67. The third-order valence-corrected chi connectivity index (χ3v) is 5.05. The molecular weight excluding hydrogens is 256 g/mol. The molecule has 1 unspecified atom stereocenters. The molecule has 0 aliphatic carbocycles. The lowest BCUT2D eigenvalue weighted by molar-refractivity contribution is -0.150. The van der Waals surface area contributed by atoms with Crippen LogP contribution in [-0.4, -0.2) is 48.1 Å². The number of amides is 1. The van der Waals surface area contributed by atoms with E-state index in [2.05, 4.69) is 5.32 Å². The van der Waals surface area contributed by atoms with Gasteiger partial charge in [-0.15, -0.1) is 0 Å². The normalized spacial score (nSPS) is 29.4. The summed E-state index contributed by atoms with van der Waals surface area (Å²) in [4.78, 5) is 26.1. The molecule has 20 heavy (non-hydrogen) atoms. The van der Waals surface area contributed by atoms with Gasteiger partial charge >= 0.3 is 5.97 Å². The molecular formula is C15H26N2O3. The van der Waals surface area contributed by atoms with E-state index >= 15 is 0 Å². The number of hydrogen-bond donors (Lipinski definition) is 2. The van der Waals surface area contributed by atoms with E-state index in [1.807, 2.05) is 13.8 Å². The van der Waals surface area contributed by atoms with E-state index in [1.165, 1.54) is 0 Å². The van der Waals surface area contributed by atoms with E-state index in [9.17, 15) is 14.7 Å². The Morgan fingerprint density at radius 3 is 2.45 bits per heavy atom. The maximum Gasteiger partial charge on any atom is 0.311 e. The molecule has 0 bridgehead atoms. The molecule has 2 aliphatic heterocycles. The number of carboxylic acid groups (broad SMARTS) is 1. The Labute approximate surface area is 120 Å². The highest BCUT2D eigenvalue weighted by molar-refractivity contribution is 5.84. The Balaban J connectivity index is 2.08. The molecule has 1 atom stereocenters. The van der Waals surface area contributed by atoms with Crippen LogP contribution in [0.4, 0.5) is 0 Å². The summed E-state index contributed by atoms with van der Waals surface area (Å²) < 4.78 is 0. The zero-order valence-electron chi connectivity index (χ0n) is 12.6. The molecule has 0 saturated carbocycles. The molecule has 0 radical (unpaired) electrons. The molecule has 2 N–H and O–H groups in total. The Hall–Kier alpha value is -1.10. The Morgan fingerprint density at radius 1 is 1.25 bits per heavy atom. The number of hydrogen-bond acceptors (Lipinski definition) is 3. The van der Waals surface area contributed by atoms with Gasteiger partial charge in [0.2, 0.25) is 5.91 Å². The van der Waals surface area contributed by atoms with Gasteiger partial charge in [-0.25, -0.2) is 0 Å². The van der Waals surface area contributed by atoms with E-state index in [0.29, 0.717) is 25.9 Å². The number of likely N-dealkylation sites (tertiary alicyclic amines) is 1. The predicted octanol–water partition coefficient (Wildman–Crippen LogP) is 1.48. The second-order valence-electron chi connectivity index (χ2n) is 6.62. The van der Waals surface area contributed by atoms with E-state index in [4.69, 9.17) is 0 Å². The number of rotatable bonds is 4. The number of nitrogens with one attached hydrogen (secondary N) is 1. The largest absolute Gasteiger partial charge is 0.481 e. The minimum atomic E-state index is -0.745. The van der Waals surface area contributed by atoms with E-state index in [-0.39, 0.29) is 11.3 Å². The summed E-state index contributed by atoms with van der Waals surface area (Å²) in [5.74, 6) is -0.594. The summed E-state index contributed by atoms with van der Waals surface area (Å²) in [6.45, 7) is 6.75. The van der Waals surface area contributed by atoms with Crippen molar-refractivity contribution in [3.63, 3.8) is 0 Å². The average molecular weight is 282 g/mol. The summed E-state index contributed by atoms with van der Waals surface area (Å²) in [5.41, 5.74) is -1.03. The van der Waals surface area contributed by atoms with Crippen LogP contribution >= 0.6 is 0 Å². The van der Waals surface area contributed by atoms with Crippen LogP contribution in [0.3, 0.4) is 0 Å². The van der Waals surface area contributed by atoms with Crippen LogP contribution in [-0.2, 0) is 9.59 Å². The van der Waals surface area contributed by atoms with Gasteiger partial charge in [-0.05, 0) is 38.8 Å². The van der Waals surface area contributed by atoms with Gasteiger partial charge in [0.15, 0.2) is 0 Å². The van der Waals surface area contributed by atoms with E-state index in [0.717, 1.165) is 32.4 Å². The lowest BCUT2D eigenvalue weighted by atomic mass is 9.79. The van der Waals surface area contributed by atoms with Gasteiger partial charge < -0.3 is 15.3 Å². The molecule has 0 aromatic carbocycles. The van der Waals surface area contributed by atoms with Crippen molar-refractivity contribution in [3.8, 4) is 0 Å². The number of aliphatic carboxylic acids is 1. The number of carboxylic acids is 1. The highest BCUT2D eigenvalue weighted by Crippen LogP contribution is 2.39. The zero-order chi connectivity index (χ0) is 14.8. The summed E-state index contributed by atoms with van der Waals surface area (Å²) >= 11 is 0. The molecule has 2 saturated heterocycles. The molecule has 0 aromatic rings. The minimum Gasteiger partial charge on any atom is -0.481 e. The predicted molar refractivity (Wildman–Crippen MR) is 76.4 cm³/mol. The topological polar surface area (TPSA) is 69.6 Å². The quantitative estimate of drug-likeness (QED) is 0.819.